The molecule has 0 unspecified atom stereocenters. The Morgan fingerprint density at radius 2 is 1.31 bits per heavy atom. The monoisotopic (exact) mass is 227 g/mol. The molecule has 2 heteroatoms. The van der Waals surface area contributed by atoms with Gasteiger partial charge in [0.25, 0.3) is 0 Å². The van der Waals surface area contributed by atoms with E-state index in [2.05, 4.69) is 13.8 Å². The lowest BCUT2D eigenvalue weighted by Gasteiger charge is -2.04. The molecule has 2 nitrogen and oxygen atoms in total. The van der Waals surface area contributed by atoms with E-state index in [4.69, 9.17) is 5.73 Å². The lowest BCUT2D eigenvalue weighted by Crippen LogP contribution is -2.09. The molecule has 0 radical (unpaired) electrons. The molecule has 16 heavy (non-hydrogen) atoms. The predicted molar refractivity (Wildman–Crippen MR) is 70.2 cm³/mol. The number of hydrogen-bond acceptors (Lipinski definition) is 1. The zero-order chi connectivity index (χ0) is 12.2. The van der Waals surface area contributed by atoms with Gasteiger partial charge in [0.2, 0.25) is 5.91 Å². The molecule has 2 N–H and O–H groups in total. The van der Waals surface area contributed by atoms with E-state index < -0.39 is 0 Å². The highest BCUT2D eigenvalue weighted by atomic mass is 16.1. The van der Waals surface area contributed by atoms with Crippen molar-refractivity contribution in [3.63, 3.8) is 0 Å². The number of amides is 1. The van der Waals surface area contributed by atoms with Crippen LogP contribution >= 0.6 is 0 Å². The molecule has 0 aromatic heterocycles. The average molecular weight is 227 g/mol. The number of carbonyl (C=O) groups is 1. The Hall–Kier alpha value is -0.530. The summed E-state index contributed by atoms with van der Waals surface area (Å²) in [4.78, 5) is 10.5. The topological polar surface area (TPSA) is 43.1 Å². The first-order valence-corrected chi connectivity index (χ1v) is 6.91. The van der Waals surface area contributed by atoms with Crippen molar-refractivity contribution in [2.45, 2.75) is 78.1 Å². The van der Waals surface area contributed by atoms with E-state index in [-0.39, 0.29) is 5.91 Å². The Bertz CT molecular complexity index is 166. The largest absolute Gasteiger partial charge is 0.370 e. The molecule has 0 bridgehead atoms. The van der Waals surface area contributed by atoms with Crippen LogP contribution in [0.5, 0.6) is 0 Å². The SMILES string of the molecule is CC(C)CCCCCCCCCCC(N)=O. The minimum absolute atomic E-state index is 0.159. The first-order valence-electron chi connectivity index (χ1n) is 6.91. The van der Waals surface area contributed by atoms with Gasteiger partial charge in [-0.15, -0.1) is 0 Å². The molecule has 0 saturated heterocycles. The summed E-state index contributed by atoms with van der Waals surface area (Å²) in [5, 5.41) is 0. The van der Waals surface area contributed by atoms with Gasteiger partial charge in [-0.1, -0.05) is 65.2 Å². The molecule has 0 heterocycles. The van der Waals surface area contributed by atoms with Crippen LogP contribution in [0, 0.1) is 5.92 Å². The summed E-state index contributed by atoms with van der Waals surface area (Å²) < 4.78 is 0. The zero-order valence-electron chi connectivity index (χ0n) is 11.1. The van der Waals surface area contributed by atoms with Crippen LogP contribution in [0.25, 0.3) is 0 Å². The summed E-state index contributed by atoms with van der Waals surface area (Å²) in [6, 6.07) is 0. The van der Waals surface area contributed by atoms with Crippen molar-refractivity contribution in [3.05, 3.63) is 0 Å². The van der Waals surface area contributed by atoms with Gasteiger partial charge in [0.15, 0.2) is 0 Å². The van der Waals surface area contributed by atoms with Crippen LogP contribution in [0.4, 0.5) is 0 Å². The molecule has 0 aromatic carbocycles. The summed E-state index contributed by atoms with van der Waals surface area (Å²) in [5.41, 5.74) is 5.07. The van der Waals surface area contributed by atoms with Gasteiger partial charge >= 0.3 is 0 Å². The molecule has 0 spiro atoms. The molecular weight excluding hydrogens is 198 g/mol. The number of primary amides is 1. The molecule has 0 fully saturated rings. The van der Waals surface area contributed by atoms with Gasteiger partial charge in [0.1, 0.15) is 0 Å². The minimum atomic E-state index is -0.159. The van der Waals surface area contributed by atoms with Crippen LogP contribution in [0.3, 0.4) is 0 Å². The van der Waals surface area contributed by atoms with E-state index >= 15 is 0 Å². The second-order valence-corrected chi connectivity index (χ2v) is 5.23. The standard InChI is InChI=1S/C14H29NO/c1-13(2)11-9-7-5-3-4-6-8-10-12-14(15)16/h13H,3-12H2,1-2H3,(H2,15,16). The van der Waals surface area contributed by atoms with E-state index in [1.54, 1.807) is 0 Å². The third-order valence-corrected chi connectivity index (χ3v) is 2.95. The maximum atomic E-state index is 10.5. The van der Waals surface area contributed by atoms with Crippen LogP contribution in [0.1, 0.15) is 78.1 Å². The van der Waals surface area contributed by atoms with E-state index in [9.17, 15) is 4.79 Å². The number of rotatable bonds is 11. The average Bonchev–Trinajstić information content (AvgIpc) is 2.20. The van der Waals surface area contributed by atoms with Crippen LogP contribution < -0.4 is 5.73 Å². The second-order valence-electron chi connectivity index (χ2n) is 5.23. The van der Waals surface area contributed by atoms with E-state index in [0.29, 0.717) is 6.42 Å². The quantitative estimate of drug-likeness (QED) is 0.532. The summed E-state index contributed by atoms with van der Waals surface area (Å²) in [6.07, 6.45) is 12.2. The number of carbonyl (C=O) groups excluding carboxylic acids is 1. The minimum Gasteiger partial charge on any atom is -0.370 e. The molecule has 0 aliphatic heterocycles. The highest BCUT2D eigenvalue weighted by Gasteiger charge is 1.96. The third kappa shape index (κ3) is 13.5. The highest BCUT2D eigenvalue weighted by Crippen LogP contribution is 2.12. The molecule has 96 valence electrons. The predicted octanol–water partition coefficient (Wildman–Crippen LogP) is 4.03. The van der Waals surface area contributed by atoms with E-state index in [0.717, 1.165) is 18.8 Å². The van der Waals surface area contributed by atoms with Crippen LogP contribution in [-0.4, -0.2) is 5.91 Å². The highest BCUT2D eigenvalue weighted by molar-refractivity contribution is 5.73. The van der Waals surface area contributed by atoms with E-state index in [1.165, 1.54) is 44.9 Å². The number of nitrogens with two attached hydrogens (primary N) is 1. The van der Waals surface area contributed by atoms with Gasteiger partial charge in [0.05, 0.1) is 0 Å². The van der Waals surface area contributed by atoms with Gasteiger partial charge < -0.3 is 5.73 Å². The van der Waals surface area contributed by atoms with Gasteiger partial charge in [-0.2, -0.15) is 0 Å². The van der Waals surface area contributed by atoms with Crippen LogP contribution in [-0.2, 0) is 4.79 Å². The Morgan fingerprint density at radius 3 is 1.75 bits per heavy atom. The Labute approximate surface area is 101 Å². The van der Waals surface area contributed by atoms with E-state index in [1.807, 2.05) is 0 Å². The summed E-state index contributed by atoms with van der Waals surface area (Å²) in [7, 11) is 0. The van der Waals surface area contributed by atoms with Crippen molar-refractivity contribution >= 4 is 5.91 Å². The molecular formula is C14H29NO. The second kappa shape index (κ2) is 11.0. The third-order valence-electron chi connectivity index (χ3n) is 2.95. The molecule has 0 rings (SSSR count). The van der Waals surface area contributed by atoms with Gasteiger partial charge in [-0.05, 0) is 12.3 Å². The van der Waals surface area contributed by atoms with Gasteiger partial charge in [-0.3, -0.25) is 4.79 Å². The summed E-state index contributed by atoms with van der Waals surface area (Å²) in [5.74, 6) is 0.697. The van der Waals surface area contributed by atoms with Crippen molar-refractivity contribution < 1.29 is 4.79 Å². The van der Waals surface area contributed by atoms with Crippen molar-refractivity contribution in [2.75, 3.05) is 0 Å². The fourth-order valence-electron chi connectivity index (χ4n) is 1.91. The molecule has 0 aromatic rings. The van der Waals surface area contributed by atoms with Crippen molar-refractivity contribution in [1.29, 1.82) is 0 Å². The normalized spacial score (nSPS) is 10.9. The van der Waals surface area contributed by atoms with Gasteiger partial charge in [-0.25, -0.2) is 0 Å². The zero-order valence-corrected chi connectivity index (χ0v) is 11.1. The molecule has 0 saturated carbocycles. The first kappa shape index (κ1) is 15.5. The van der Waals surface area contributed by atoms with Gasteiger partial charge in [0, 0.05) is 6.42 Å². The molecule has 0 atom stereocenters. The number of hydrogen-bond donors (Lipinski definition) is 1. The maximum absolute atomic E-state index is 10.5. The van der Waals surface area contributed by atoms with Crippen LogP contribution in [0.15, 0.2) is 0 Å². The molecule has 1 amide bonds. The number of unbranched alkanes of at least 4 members (excludes halogenated alkanes) is 7. The van der Waals surface area contributed by atoms with Crippen molar-refractivity contribution in [1.82, 2.24) is 0 Å². The van der Waals surface area contributed by atoms with Crippen molar-refractivity contribution in [2.24, 2.45) is 11.7 Å². The maximum Gasteiger partial charge on any atom is 0.217 e. The van der Waals surface area contributed by atoms with Crippen molar-refractivity contribution in [3.8, 4) is 0 Å². The Balaban J connectivity index is 2.96. The smallest absolute Gasteiger partial charge is 0.217 e. The van der Waals surface area contributed by atoms with Crippen LogP contribution in [0.2, 0.25) is 0 Å². The first-order chi connectivity index (χ1) is 7.63. The molecule has 0 aliphatic carbocycles. The fraction of sp³-hybridized carbons (Fsp3) is 0.929. The fourth-order valence-corrected chi connectivity index (χ4v) is 1.91. The summed E-state index contributed by atoms with van der Waals surface area (Å²) in [6.45, 7) is 4.58. The Morgan fingerprint density at radius 1 is 0.875 bits per heavy atom. The Kier molecular flexibility index (Phi) is 10.6. The lowest BCUT2D eigenvalue weighted by atomic mass is 10.0. The lowest BCUT2D eigenvalue weighted by molar-refractivity contribution is -0.118. The summed E-state index contributed by atoms with van der Waals surface area (Å²) >= 11 is 0. The molecule has 0 aliphatic rings.